The predicted octanol–water partition coefficient (Wildman–Crippen LogP) is 4.21. The van der Waals surface area contributed by atoms with Crippen molar-refractivity contribution in [1.29, 1.82) is 0 Å². The van der Waals surface area contributed by atoms with Crippen LogP contribution in [0.3, 0.4) is 0 Å². The Morgan fingerprint density at radius 1 is 1.25 bits per heavy atom. The summed E-state index contributed by atoms with van der Waals surface area (Å²) >= 11 is 3.64. The molecule has 1 fully saturated rings. The summed E-state index contributed by atoms with van der Waals surface area (Å²) in [6, 6.07) is 4.91. The van der Waals surface area contributed by atoms with E-state index < -0.39 is 0 Å². The lowest BCUT2D eigenvalue weighted by atomic mass is 10.1. The van der Waals surface area contributed by atoms with Crippen LogP contribution in [0, 0.1) is 0 Å². The SMILES string of the molecule is CCCOc1c(Br)cc(CNC[C@@H]2CCCN2CC)cc1OCC. The van der Waals surface area contributed by atoms with E-state index >= 15 is 0 Å². The molecule has 1 N–H and O–H groups in total. The minimum absolute atomic E-state index is 0.638. The number of hydrogen-bond acceptors (Lipinski definition) is 4. The van der Waals surface area contributed by atoms with Crippen LogP contribution in [-0.4, -0.2) is 43.8 Å². The van der Waals surface area contributed by atoms with E-state index in [-0.39, 0.29) is 0 Å². The Balaban J connectivity index is 1.97. The van der Waals surface area contributed by atoms with Gasteiger partial charge in [-0.05, 0) is 72.9 Å². The lowest BCUT2D eigenvalue weighted by Crippen LogP contribution is -2.37. The smallest absolute Gasteiger partial charge is 0.175 e. The Labute approximate surface area is 155 Å². The third kappa shape index (κ3) is 5.36. The second-order valence-electron chi connectivity index (χ2n) is 6.24. The number of rotatable bonds is 10. The molecule has 1 aromatic rings. The highest BCUT2D eigenvalue weighted by Crippen LogP contribution is 2.37. The predicted molar refractivity (Wildman–Crippen MR) is 103 cm³/mol. The molecule has 0 bridgehead atoms. The fourth-order valence-electron chi connectivity index (χ4n) is 3.26. The first-order valence-electron chi connectivity index (χ1n) is 9.22. The van der Waals surface area contributed by atoms with Crippen LogP contribution >= 0.6 is 15.9 Å². The Kier molecular flexibility index (Phi) is 8.36. The second kappa shape index (κ2) is 10.3. The van der Waals surface area contributed by atoms with E-state index in [4.69, 9.17) is 9.47 Å². The number of hydrogen-bond donors (Lipinski definition) is 1. The van der Waals surface area contributed by atoms with Gasteiger partial charge in [0.1, 0.15) is 0 Å². The maximum absolute atomic E-state index is 5.84. The van der Waals surface area contributed by atoms with Crippen molar-refractivity contribution in [1.82, 2.24) is 10.2 Å². The fraction of sp³-hybridized carbons (Fsp3) is 0.684. The second-order valence-corrected chi connectivity index (χ2v) is 7.10. The van der Waals surface area contributed by atoms with E-state index in [0.29, 0.717) is 19.3 Å². The molecular weight excluding hydrogens is 368 g/mol. The van der Waals surface area contributed by atoms with Crippen molar-refractivity contribution >= 4 is 15.9 Å². The Bertz CT molecular complexity index is 510. The van der Waals surface area contributed by atoms with Crippen molar-refractivity contribution < 1.29 is 9.47 Å². The summed E-state index contributed by atoms with van der Waals surface area (Å²) in [4.78, 5) is 2.57. The molecule has 1 heterocycles. The zero-order valence-corrected chi connectivity index (χ0v) is 16.8. The first-order chi connectivity index (χ1) is 11.7. The number of likely N-dealkylation sites (N-methyl/N-ethyl adjacent to an activating group) is 1. The third-order valence-corrected chi connectivity index (χ3v) is 5.02. The molecule has 2 rings (SSSR count). The highest BCUT2D eigenvalue weighted by molar-refractivity contribution is 9.10. The van der Waals surface area contributed by atoms with Crippen molar-refractivity contribution in [2.75, 3.05) is 32.8 Å². The van der Waals surface area contributed by atoms with Gasteiger partial charge < -0.3 is 14.8 Å². The first-order valence-corrected chi connectivity index (χ1v) is 10.0. The summed E-state index contributed by atoms with van der Waals surface area (Å²) in [5.41, 5.74) is 1.22. The molecule has 0 spiro atoms. The maximum Gasteiger partial charge on any atom is 0.175 e. The van der Waals surface area contributed by atoms with Gasteiger partial charge in [0.2, 0.25) is 0 Å². The van der Waals surface area contributed by atoms with Gasteiger partial charge in [-0.25, -0.2) is 0 Å². The first kappa shape index (κ1) is 19.5. The van der Waals surface area contributed by atoms with Crippen LogP contribution in [0.5, 0.6) is 11.5 Å². The standard InChI is InChI=1S/C19H31BrN2O2/c1-4-10-24-19-17(20)11-15(12-18(19)23-6-3)13-21-14-16-8-7-9-22(16)5-2/h11-12,16,21H,4-10,13-14H2,1-3H3/t16-/m0/s1. The molecule has 0 aliphatic carbocycles. The Morgan fingerprint density at radius 3 is 2.79 bits per heavy atom. The van der Waals surface area contributed by atoms with E-state index in [9.17, 15) is 0 Å². The number of nitrogens with one attached hydrogen (secondary N) is 1. The molecule has 1 aromatic carbocycles. The fourth-order valence-corrected chi connectivity index (χ4v) is 3.86. The average molecular weight is 399 g/mol. The van der Waals surface area contributed by atoms with Crippen molar-refractivity contribution in [3.05, 3.63) is 22.2 Å². The lowest BCUT2D eigenvalue weighted by molar-refractivity contribution is 0.259. The minimum atomic E-state index is 0.638. The van der Waals surface area contributed by atoms with Gasteiger partial charge in [-0.3, -0.25) is 4.90 Å². The highest BCUT2D eigenvalue weighted by Gasteiger charge is 2.22. The summed E-state index contributed by atoms with van der Waals surface area (Å²) in [5.74, 6) is 1.64. The number of ether oxygens (including phenoxy) is 2. The maximum atomic E-state index is 5.84. The molecule has 4 nitrogen and oxygen atoms in total. The Morgan fingerprint density at radius 2 is 2.08 bits per heavy atom. The minimum Gasteiger partial charge on any atom is -0.490 e. The van der Waals surface area contributed by atoms with E-state index in [1.165, 1.54) is 24.9 Å². The normalized spacial score (nSPS) is 18.1. The van der Waals surface area contributed by atoms with Crippen molar-refractivity contribution in [3.63, 3.8) is 0 Å². The summed E-state index contributed by atoms with van der Waals surface area (Å²) in [6.07, 6.45) is 3.61. The molecule has 0 saturated carbocycles. The molecular formula is C19H31BrN2O2. The topological polar surface area (TPSA) is 33.7 Å². The molecule has 5 heteroatoms. The van der Waals surface area contributed by atoms with Gasteiger partial charge in [0.05, 0.1) is 17.7 Å². The molecule has 1 saturated heterocycles. The summed E-state index contributed by atoms with van der Waals surface area (Å²) in [7, 11) is 0. The largest absolute Gasteiger partial charge is 0.490 e. The quantitative estimate of drug-likeness (QED) is 0.639. The summed E-state index contributed by atoms with van der Waals surface area (Å²) in [5, 5.41) is 3.61. The van der Waals surface area contributed by atoms with Gasteiger partial charge >= 0.3 is 0 Å². The van der Waals surface area contributed by atoms with E-state index in [0.717, 1.165) is 42.0 Å². The van der Waals surface area contributed by atoms with Gasteiger partial charge in [-0.1, -0.05) is 13.8 Å². The van der Waals surface area contributed by atoms with E-state index in [1.807, 2.05) is 6.92 Å². The van der Waals surface area contributed by atoms with Gasteiger partial charge in [0.15, 0.2) is 11.5 Å². The lowest BCUT2D eigenvalue weighted by Gasteiger charge is -2.23. The molecule has 0 unspecified atom stereocenters. The molecule has 1 aliphatic heterocycles. The van der Waals surface area contributed by atoms with Crippen LogP contribution < -0.4 is 14.8 Å². The van der Waals surface area contributed by atoms with Crippen LogP contribution in [-0.2, 0) is 6.54 Å². The van der Waals surface area contributed by atoms with Crippen LogP contribution in [0.1, 0.15) is 45.6 Å². The highest BCUT2D eigenvalue weighted by atomic mass is 79.9. The molecule has 0 aromatic heterocycles. The van der Waals surface area contributed by atoms with Crippen LogP contribution in [0.25, 0.3) is 0 Å². The van der Waals surface area contributed by atoms with E-state index in [1.54, 1.807) is 0 Å². The summed E-state index contributed by atoms with van der Waals surface area (Å²) < 4.78 is 12.6. The van der Waals surface area contributed by atoms with Crippen LogP contribution in [0.4, 0.5) is 0 Å². The molecule has 136 valence electrons. The number of benzene rings is 1. The van der Waals surface area contributed by atoms with Crippen molar-refractivity contribution in [2.24, 2.45) is 0 Å². The van der Waals surface area contributed by atoms with Gasteiger partial charge in [-0.15, -0.1) is 0 Å². The number of nitrogens with zero attached hydrogens (tertiary/aromatic N) is 1. The zero-order valence-electron chi connectivity index (χ0n) is 15.2. The monoisotopic (exact) mass is 398 g/mol. The van der Waals surface area contributed by atoms with Gasteiger partial charge in [0.25, 0.3) is 0 Å². The Hall–Kier alpha value is -0.780. The molecule has 1 aliphatic rings. The molecule has 0 amide bonds. The average Bonchev–Trinajstić information content (AvgIpc) is 3.02. The van der Waals surface area contributed by atoms with Crippen molar-refractivity contribution in [3.8, 4) is 11.5 Å². The van der Waals surface area contributed by atoms with E-state index in [2.05, 4.69) is 52.1 Å². The van der Waals surface area contributed by atoms with Gasteiger partial charge in [-0.2, -0.15) is 0 Å². The number of halogens is 1. The van der Waals surface area contributed by atoms with Crippen LogP contribution in [0.15, 0.2) is 16.6 Å². The molecule has 1 atom stereocenters. The van der Waals surface area contributed by atoms with Gasteiger partial charge in [0, 0.05) is 19.1 Å². The van der Waals surface area contributed by atoms with Crippen LogP contribution in [0.2, 0.25) is 0 Å². The van der Waals surface area contributed by atoms with Crippen molar-refractivity contribution in [2.45, 2.75) is 52.6 Å². The molecule has 0 radical (unpaired) electrons. The number of likely N-dealkylation sites (tertiary alicyclic amines) is 1. The zero-order chi connectivity index (χ0) is 17.4. The third-order valence-electron chi connectivity index (χ3n) is 4.43. The summed E-state index contributed by atoms with van der Waals surface area (Å²) in [6.45, 7) is 12.0. The molecule has 24 heavy (non-hydrogen) atoms.